The molecule has 0 saturated carbocycles. The summed E-state index contributed by atoms with van der Waals surface area (Å²) in [6.45, 7) is -19.8. The van der Waals surface area contributed by atoms with Gasteiger partial charge in [-0.1, -0.05) is 194 Å². The van der Waals surface area contributed by atoms with Gasteiger partial charge in [0, 0.05) is 70.0 Å². The largest absolute Gasteiger partial charge is 0.507 e. The topological polar surface area (TPSA) is 50.9 Å². The molecule has 0 spiro atoms. The van der Waals surface area contributed by atoms with Crippen molar-refractivity contribution >= 4 is 11.0 Å². The van der Waals surface area contributed by atoms with E-state index in [1.807, 2.05) is 79.7 Å². The molecule has 4 nitrogen and oxygen atoms in total. The summed E-state index contributed by atoms with van der Waals surface area (Å²) in [4.78, 5) is 9.82. The summed E-state index contributed by atoms with van der Waals surface area (Å²) in [6.07, 6.45) is 1.64. The maximum Gasteiger partial charge on any atom is 0.148 e. The maximum atomic E-state index is 13.1. The molecule has 0 fully saturated rings. The quantitative estimate of drug-likeness (QED) is 0.147. The molecule has 69 heavy (non-hydrogen) atoms. The molecule has 0 radical (unpaired) electrons. The summed E-state index contributed by atoms with van der Waals surface area (Å²) in [5.41, 5.74) is -6.02. The minimum Gasteiger partial charge on any atom is -0.507 e. The van der Waals surface area contributed by atoms with E-state index in [4.69, 9.17) is 37.4 Å². The van der Waals surface area contributed by atoms with Gasteiger partial charge in [0.1, 0.15) is 11.6 Å². The van der Waals surface area contributed by atoms with Crippen LogP contribution in [0.2, 0.25) is 0 Å². The molecule has 0 saturated heterocycles. The molecule has 0 bridgehead atoms. The van der Waals surface area contributed by atoms with Crippen LogP contribution in [0, 0.1) is 19.8 Å². The number of pyridine rings is 1. The van der Waals surface area contributed by atoms with Gasteiger partial charge in [0.15, 0.2) is 0 Å². The van der Waals surface area contributed by atoms with Crippen LogP contribution in [-0.2, 0) is 31.9 Å². The molecular formula is C64H64N3OPt-. The average molecular weight is 1110 g/mol. The fourth-order valence-electron chi connectivity index (χ4n) is 8.48. The Kier molecular flexibility index (Phi) is 7.72. The van der Waals surface area contributed by atoms with Crippen LogP contribution in [0.4, 0.5) is 0 Å². The number of hydrogen-bond donors (Lipinski definition) is 1. The molecule has 2 heterocycles. The van der Waals surface area contributed by atoms with Crippen molar-refractivity contribution in [1.82, 2.24) is 14.5 Å². The number of rotatable bonds is 9. The number of hydrogen-bond acceptors (Lipinski definition) is 3. The van der Waals surface area contributed by atoms with Gasteiger partial charge >= 0.3 is 0 Å². The number of para-hydroxylation sites is 1. The number of aromatic hydroxyl groups is 1. The average Bonchev–Trinajstić information content (AvgIpc) is 0.985. The van der Waals surface area contributed by atoms with E-state index in [1.54, 1.807) is 70.3 Å². The Labute approximate surface area is 457 Å². The minimum atomic E-state index is -4.28. The molecule has 5 heteroatoms. The number of aryl methyl sites for hydroxylation is 2. The van der Waals surface area contributed by atoms with Gasteiger partial charge in [-0.15, -0.1) is 23.8 Å². The van der Waals surface area contributed by atoms with Crippen molar-refractivity contribution in [3.8, 4) is 78.6 Å². The van der Waals surface area contributed by atoms with Crippen LogP contribution in [0.3, 0.4) is 0 Å². The summed E-state index contributed by atoms with van der Waals surface area (Å²) in [6, 6.07) is 42.7. The first-order valence-electron chi connectivity index (χ1n) is 33.5. The fraction of sp³-hybridized carbons (Fsp3) is 0.250. The summed E-state index contributed by atoms with van der Waals surface area (Å²) >= 11 is 0. The SMILES string of the molecule is [2H]C([2H])([2H])c1cc(-c2cc(C([2H])(C)C)cc(C([2H])(C)C)c2)ccc1-n1c(-c2cc(C(C([2H])([2H])[2H])(C([2H])([2H])[2H])C([2H])([2H])[2H])cc(C(C([2H])([2H])[2H])(C([2H])([2H])[2H])C([2H])([2H])[2H])c2O)nc2c(-c3[c-]c(-c4cc(-c5ccc(C)cc5)ccn4)cc(-c4ccccc4)c3)cccc21.[Pt]. The van der Waals surface area contributed by atoms with Crippen LogP contribution >= 0.6 is 0 Å². The van der Waals surface area contributed by atoms with Gasteiger partial charge in [-0.2, -0.15) is 0 Å². The van der Waals surface area contributed by atoms with E-state index in [9.17, 15) is 9.22 Å². The van der Waals surface area contributed by atoms with E-state index in [1.165, 1.54) is 24.3 Å². The summed E-state index contributed by atoms with van der Waals surface area (Å²) in [5.74, 6) is -4.68. The van der Waals surface area contributed by atoms with Crippen molar-refractivity contribution in [3.05, 3.63) is 191 Å². The Morgan fingerprint density at radius 2 is 1.26 bits per heavy atom. The molecular weight excluding hydrogens is 1020 g/mol. The van der Waals surface area contributed by atoms with Gasteiger partial charge in [0.25, 0.3) is 0 Å². The number of benzene rings is 7. The molecule has 2 aromatic heterocycles. The second-order valence-electron chi connectivity index (χ2n) is 17.8. The Hall–Kier alpha value is -6.35. The second kappa shape index (κ2) is 19.2. The first kappa shape index (κ1) is 27.7. The molecule has 0 aliphatic rings. The number of fused-ring (bicyclic) bond motifs is 1. The van der Waals surface area contributed by atoms with Crippen LogP contribution in [0.25, 0.3) is 83.9 Å². The van der Waals surface area contributed by atoms with Gasteiger partial charge in [0.05, 0.1) is 22.3 Å². The zero-order chi connectivity index (χ0) is 67.6. The van der Waals surface area contributed by atoms with Crippen molar-refractivity contribution in [3.63, 3.8) is 0 Å². The van der Waals surface area contributed by atoms with Crippen LogP contribution in [0.5, 0.6) is 5.75 Å². The normalized spacial score (nSPS) is 18.5. The molecule has 0 unspecified atom stereocenters. The summed E-state index contributed by atoms with van der Waals surface area (Å²) < 4.78 is 205. The third kappa shape index (κ3) is 9.93. The summed E-state index contributed by atoms with van der Waals surface area (Å²) in [7, 11) is 0. The summed E-state index contributed by atoms with van der Waals surface area (Å²) in [5, 5.41) is 13.1. The second-order valence-corrected chi connectivity index (χ2v) is 17.8. The molecule has 9 aromatic rings. The molecule has 0 aliphatic carbocycles. The van der Waals surface area contributed by atoms with Gasteiger partial charge in [-0.3, -0.25) is 9.55 Å². The smallest absolute Gasteiger partial charge is 0.148 e. The van der Waals surface area contributed by atoms with E-state index in [0.717, 1.165) is 26.8 Å². The van der Waals surface area contributed by atoms with E-state index < -0.39 is 104 Å². The van der Waals surface area contributed by atoms with Gasteiger partial charge in [-0.25, -0.2) is 4.98 Å². The molecule has 0 amide bonds. The Morgan fingerprint density at radius 3 is 1.94 bits per heavy atom. The van der Waals surface area contributed by atoms with Gasteiger partial charge in [0.2, 0.25) is 0 Å². The predicted molar refractivity (Wildman–Crippen MR) is 287 cm³/mol. The maximum absolute atomic E-state index is 13.1. The van der Waals surface area contributed by atoms with Crippen molar-refractivity contribution in [2.75, 3.05) is 0 Å². The van der Waals surface area contributed by atoms with Crippen molar-refractivity contribution < 1.29 is 57.7 Å². The van der Waals surface area contributed by atoms with E-state index >= 15 is 0 Å². The molecule has 9 rings (SSSR count). The van der Waals surface area contributed by atoms with Crippen molar-refractivity contribution in [1.29, 1.82) is 0 Å². The molecule has 0 aliphatic heterocycles. The number of nitrogens with zero attached hydrogens (tertiary/aromatic N) is 3. The number of phenolic OH excluding ortho intramolecular Hbond substituents is 1. The van der Waals surface area contributed by atoms with E-state index in [0.29, 0.717) is 45.1 Å². The molecule has 7 aromatic carbocycles. The third-order valence-corrected chi connectivity index (χ3v) is 12.2. The third-order valence-electron chi connectivity index (χ3n) is 12.2. The van der Waals surface area contributed by atoms with E-state index in [-0.39, 0.29) is 55.0 Å². The van der Waals surface area contributed by atoms with Crippen LogP contribution in [-0.4, -0.2) is 19.6 Å². The zero-order valence-corrected chi connectivity index (χ0v) is 40.8. The number of imidazole rings is 1. The Bertz CT molecular complexity index is 4130. The molecule has 352 valence electrons. The van der Waals surface area contributed by atoms with Crippen molar-refractivity contribution in [2.45, 2.75) is 105 Å². The first-order valence-corrected chi connectivity index (χ1v) is 22.0. The Balaban J connectivity index is 0.0000109. The molecule has 1 N–H and O–H groups in total. The van der Waals surface area contributed by atoms with Crippen molar-refractivity contribution in [2.24, 2.45) is 0 Å². The van der Waals surface area contributed by atoms with Gasteiger partial charge in [-0.05, 0) is 117 Å². The minimum absolute atomic E-state index is 0. The van der Waals surface area contributed by atoms with Gasteiger partial charge < -0.3 is 5.11 Å². The Morgan fingerprint density at radius 1 is 0.609 bits per heavy atom. The standard InChI is InChI=1S/C64H64N3O.Pt/c1-39(2)47-30-48(40(3)4)32-50(31-47)45-25-26-58(42(6)29-45)67-59-20-16-19-54(60(59)66-62(67)55-37-53(63(7,8)9)38-56(61(55)68)64(10,11)12)51-33-49(43-17-14-13-15-18-43)34-52(35-51)57-36-46(27-28-65-57)44-23-21-41(5)22-24-44;/h13-34,36-40,68H,1-12H3;/q-1;/i6D3,7D3,8D3,9D3,10D3,11D3,12D3,39D,40D;. The fourth-order valence-corrected chi connectivity index (χ4v) is 8.48. The number of phenols is 1. The molecule has 0 atom stereocenters. The van der Waals surface area contributed by atoms with Crippen LogP contribution in [0.15, 0.2) is 152 Å². The number of aromatic nitrogens is 3. The van der Waals surface area contributed by atoms with Crippen LogP contribution < -0.4 is 0 Å². The zero-order valence-electron chi connectivity index (χ0n) is 61.5. The van der Waals surface area contributed by atoms with E-state index in [2.05, 4.69) is 6.07 Å². The monoisotopic (exact) mass is 1110 g/mol. The van der Waals surface area contributed by atoms with Crippen LogP contribution in [0.1, 0.15) is 146 Å². The predicted octanol–water partition coefficient (Wildman–Crippen LogP) is 17.4. The first-order chi connectivity index (χ1) is 41.6.